The molecule has 0 spiro atoms. The molecule has 0 saturated heterocycles. The largest absolute Gasteiger partial charge is 0.486 e. The van der Waals surface area contributed by atoms with Crippen molar-refractivity contribution in [2.24, 2.45) is 0 Å². The van der Waals surface area contributed by atoms with Gasteiger partial charge in [-0.3, -0.25) is 0 Å². The summed E-state index contributed by atoms with van der Waals surface area (Å²) in [5.41, 5.74) is 2.05. The average Bonchev–Trinajstić information content (AvgIpc) is 2.53. The Labute approximate surface area is 141 Å². The quantitative estimate of drug-likeness (QED) is 0.529. The Bertz CT molecular complexity index is 645. The highest BCUT2D eigenvalue weighted by Crippen LogP contribution is 2.41. The molecule has 2 aromatic carbocycles. The summed E-state index contributed by atoms with van der Waals surface area (Å²) in [5.74, 6) is 1.52. The highest BCUT2D eigenvalue weighted by molar-refractivity contribution is 9.10. The van der Waals surface area contributed by atoms with Crippen LogP contribution in [-0.2, 0) is 0 Å². The first-order chi connectivity index (χ1) is 10.2. The number of thioether (sulfide) groups is 1. The van der Waals surface area contributed by atoms with E-state index in [1.54, 1.807) is 11.8 Å². The number of alkyl halides is 1. The van der Waals surface area contributed by atoms with Crippen molar-refractivity contribution in [2.45, 2.75) is 10.3 Å². The van der Waals surface area contributed by atoms with Crippen LogP contribution >= 0.6 is 39.3 Å². The van der Waals surface area contributed by atoms with Gasteiger partial charge in [0.2, 0.25) is 0 Å². The van der Waals surface area contributed by atoms with Crippen LogP contribution in [0, 0.1) is 0 Å². The Morgan fingerprint density at radius 3 is 2.33 bits per heavy atom. The summed E-state index contributed by atoms with van der Waals surface area (Å²) in [6.07, 6.45) is 2.06. The minimum Gasteiger partial charge on any atom is -0.486 e. The van der Waals surface area contributed by atoms with Gasteiger partial charge in [0.25, 0.3) is 0 Å². The molecule has 0 fully saturated rings. The Hall–Kier alpha value is -0.840. The Morgan fingerprint density at radius 2 is 1.71 bits per heavy atom. The summed E-state index contributed by atoms with van der Waals surface area (Å²) in [6, 6.07) is 12.2. The first-order valence-corrected chi connectivity index (χ1v) is 9.01. The number of hydrogen-bond acceptors (Lipinski definition) is 3. The average molecular weight is 386 g/mol. The molecule has 1 aliphatic heterocycles. The predicted molar refractivity (Wildman–Crippen MR) is 91.1 cm³/mol. The van der Waals surface area contributed by atoms with Crippen molar-refractivity contribution in [3.05, 3.63) is 52.0 Å². The molecule has 0 saturated carbocycles. The lowest BCUT2D eigenvalue weighted by molar-refractivity contribution is 0.171. The second kappa shape index (κ2) is 6.51. The fourth-order valence-electron chi connectivity index (χ4n) is 2.23. The lowest BCUT2D eigenvalue weighted by atomic mass is 10.0. The Kier molecular flexibility index (Phi) is 4.67. The molecule has 0 amide bonds. The highest BCUT2D eigenvalue weighted by atomic mass is 79.9. The first kappa shape index (κ1) is 15.1. The highest BCUT2D eigenvalue weighted by Gasteiger charge is 2.20. The summed E-state index contributed by atoms with van der Waals surface area (Å²) in [7, 11) is 0. The molecule has 2 nitrogen and oxygen atoms in total. The smallest absolute Gasteiger partial charge is 0.162 e. The van der Waals surface area contributed by atoms with E-state index in [0.717, 1.165) is 27.1 Å². The SMILES string of the molecule is CSc1ccc(C(Cl)c2cc3c(cc2Br)OCCO3)cc1. The first-order valence-electron chi connectivity index (χ1n) is 6.56. The topological polar surface area (TPSA) is 18.5 Å². The molecule has 1 atom stereocenters. The Morgan fingerprint density at radius 1 is 1.10 bits per heavy atom. The number of halogens is 2. The molecule has 1 unspecified atom stereocenters. The minimum atomic E-state index is -0.230. The molecule has 21 heavy (non-hydrogen) atoms. The van der Waals surface area contributed by atoms with Crippen LogP contribution in [0.5, 0.6) is 11.5 Å². The van der Waals surface area contributed by atoms with Gasteiger partial charge in [-0.15, -0.1) is 23.4 Å². The van der Waals surface area contributed by atoms with E-state index in [2.05, 4.69) is 46.5 Å². The summed E-state index contributed by atoms with van der Waals surface area (Å²) in [5, 5.41) is -0.230. The van der Waals surface area contributed by atoms with Crippen LogP contribution in [0.25, 0.3) is 0 Å². The molecule has 0 aliphatic carbocycles. The van der Waals surface area contributed by atoms with Crippen LogP contribution in [0.2, 0.25) is 0 Å². The molecular weight excluding hydrogens is 372 g/mol. The molecule has 0 bridgehead atoms. The third kappa shape index (κ3) is 3.17. The van der Waals surface area contributed by atoms with Crippen LogP contribution in [0.3, 0.4) is 0 Å². The van der Waals surface area contributed by atoms with Crippen LogP contribution in [0.4, 0.5) is 0 Å². The third-order valence-electron chi connectivity index (χ3n) is 3.34. The zero-order valence-corrected chi connectivity index (χ0v) is 14.6. The fourth-order valence-corrected chi connectivity index (χ4v) is 3.64. The summed E-state index contributed by atoms with van der Waals surface area (Å²) in [4.78, 5) is 1.23. The molecule has 1 heterocycles. The van der Waals surface area contributed by atoms with Crippen molar-refractivity contribution in [3.63, 3.8) is 0 Å². The van der Waals surface area contributed by atoms with Crippen LogP contribution < -0.4 is 9.47 Å². The minimum absolute atomic E-state index is 0.230. The van der Waals surface area contributed by atoms with E-state index in [9.17, 15) is 0 Å². The second-order valence-electron chi connectivity index (χ2n) is 4.65. The maximum Gasteiger partial charge on any atom is 0.162 e. The normalized spacial score (nSPS) is 14.8. The monoisotopic (exact) mass is 384 g/mol. The maximum absolute atomic E-state index is 6.64. The summed E-state index contributed by atoms with van der Waals surface area (Å²) >= 11 is 11.9. The molecule has 3 rings (SSSR count). The van der Waals surface area contributed by atoms with Gasteiger partial charge in [-0.25, -0.2) is 0 Å². The number of ether oxygens (including phenoxy) is 2. The van der Waals surface area contributed by atoms with E-state index in [-0.39, 0.29) is 5.38 Å². The zero-order valence-electron chi connectivity index (χ0n) is 11.4. The summed E-state index contributed by atoms with van der Waals surface area (Å²) < 4.78 is 12.1. The van der Waals surface area contributed by atoms with E-state index in [0.29, 0.717) is 13.2 Å². The lowest BCUT2D eigenvalue weighted by Gasteiger charge is -2.21. The third-order valence-corrected chi connectivity index (χ3v) is 5.26. The van der Waals surface area contributed by atoms with Crippen LogP contribution in [0.1, 0.15) is 16.5 Å². The standard InChI is InChI=1S/C16H14BrClO2S/c1-21-11-4-2-10(3-5-11)16(18)12-8-14-15(9-13(12)17)20-7-6-19-14/h2-5,8-9,16H,6-7H2,1H3. The van der Waals surface area contributed by atoms with Crippen molar-refractivity contribution in [2.75, 3.05) is 19.5 Å². The van der Waals surface area contributed by atoms with Crippen LogP contribution in [-0.4, -0.2) is 19.5 Å². The van der Waals surface area contributed by atoms with E-state index in [4.69, 9.17) is 21.1 Å². The van der Waals surface area contributed by atoms with Gasteiger partial charge < -0.3 is 9.47 Å². The molecule has 0 radical (unpaired) electrons. The van der Waals surface area contributed by atoms with Crippen molar-refractivity contribution < 1.29 is 9.47 Å². The van der Waals surface area contributed by atoms with Crippen molar-refractivity contribution in [1.29, 1.82) is 0 Å². The number of rotatable bonds is 3. The van der Waals surface area contributed by atoms with Gasteiger partial charge in [0.1, 0.15) is 13.2 Å². The van der Waals surface area contributed by atoms with E-state index in [1.807, 2.05) is 12.1 Å². The molecular formula is C16H14BrClO2S. The maximum atomic E-state index is 6.64. The zero-order chi connectivity index (χ0) is 14.8. The van der Waals surface area contributed by atoms with Crippen molar-refractivity contribution >= 4 is 39.3 Å². The molecule has 1 aliphatic rings. The van der Waals surface area contributed by atoms with Crippen LogP contribution in [0.15, 0.2) is 45.8 Å². The second-order valence-corrected chi connectivity index (χ2v) is 6.82. The van der Waals surface area contributed by atoms with Gasteiger partial charge in [-0.1, -0.05) is 28.1 Å². The summed E-state index contributed by atoms with van der Waals surface area (Å²) in [6.45, 7) is 1.16. The lowest BCUT2D eigenvalue weighted by Crippen LogP contribution is -2.15. The number of fused-ring (bicyclic) bond motifs is 1. The Balaban J connectivity index is 1.94. The predicted octanol–water partition coefficient (Wildman–Crippen LogP) is 5.27. The van der Waals surface area contributed by atoms with E-state index in [1.165, 1.54) is 4.90 Å². The van der Waals surface area contributed by atoms with Gasteiger partial charge in [0.15, 0.2) is 11.5 Å². The number of hydrogen-bond donors (Lipinski definition) is 0. The fraction of sp³-hybridized carbons (Fsp3) is 0.250. The molecule has 5 heteroatoms. The molecule has 0 N–H and O–H groups in total. The molecule has 0 aromatic heterocycles. The van der Waals surface area contributed by atoms with Gasteiger partial charge in [-0.2, -0.15) is 0 Å². The van der Waals surface area contributed by atoms with Gasteiger partial charge in [-0.05, 0) is 41.6 Å². The van der Waals surface area contributed by atoms with E-state index >= 15 is 0 Å². The van der Waals surface area contributed by atoms with Gasteiger partial charge in [0.05, 0.1) is 5.38 Å². The molecule has 110 valence electrons. The number of benzene rings is 2. The van der Waals surface area contributed by atoms with Gasteiger partial charge >= 0.3 is 0 Å². The van der Waals surface area contributed by atoms with Gasteiger partial charge in [0, 0.05) is 9.37 Å². The van der Waals surface area contributed by atoms with Crippen molar-refractivity contribution in [1.82, 2.24) is 0 Å². The molecule has 2 aromatic rings. The van der Waals surface area contributed by atoms with E-state index < -0.39 is 0 Å². The van der Waals surface area contributed by atoms with Crippen molar-refractivity contribution in [3.8, 4) is 11.5 Å².